The summed E-state index contributed by atoms with van der Waals surface area (Å²) < 4.78 is 0. The second-order valence-corrected chi connectivity index (χ2v) is 7.87. The van der Waals surface area contributed by atoms with Crippen molar-refractivity contribution in [1.29, 1.82) is 0 Å². The van der Waals surface area contributed by atoms with Gasteiger partial charge in [-0.1, -0.05) is 42.5 Å². The van der Waals surface area contributed by atoms with Crippen LogP contribution in [-0.2, 0) is 4.79 Å². The fourth-order valence-corrected chi connectivity index (χ4v) is 3.54. The quantitative estimate of drug-likeness (QED) is 0.385. The molecule has 1 aromatic heterocycles. The monoisotopic (exact) mass is 435 g/mol. The molecule has 1 atom stereocenters. The minimum atomic E-state index is -0.327. The summed E-state index contributed by atoms with van der Waals surface area (Å²) in [5.41, 5.74) is 2.14. The molecule has 1 heterocycles. The van der Waals surface area contributed by atoms with E-state index >= 15 is 0 Å². The van der Waals surface area contributed by atoms with Crippen molar-refractivity contribution >= 4 is 52.2 Å². The highest BCUT2D eigenvalue weighted by atomic mass is 32.1. The number of nitrogens with one attached hydrogen (secondary N) is 3. The number of hydrogen-bond donors (Lipinski definition) is 3. The minimum absolute atomic E-state index is 0.120. The summed E-state index contributed by atoms with van der Waals surface area (Å²) >= 11 is 6.73. The van der Waals surface area contributed by atoms with E-state index in [9.17, 15) is 9.59 Å². The van der Waals surface area contributed by atoms with Gasteiger partial charge in [-0.15, -0.1) is 11.3 Å². The number of anilines is 1. The van der Waals surface area contributed by atoms with Gasteiger partial charge in [0.1, 0.15) is 0 Å². The second-order valence-electron chi connectivity index (χ2n) is 6.48. The van der Waals surface area contributed by atoms with Gasteiger partial charge in [0, 0.05) is 22.2 Å². The number of hydrogen-bond acceptors (Lipinski definition) is 4. The van der Waals surface area contributed by atoms with Gasteiger partial charge in [-0.2, -0.15) is 0 Å². The first-order valence-electron chi connectivity index (χ1n) is 9.30. The Kier molecular flexibility index (Phi) is 7.48. The molecule has 0 saturated carbocycles. The molecule has 0 fully saturated rings. The Labute approximate surface area is 184 Å². The lowest BCUT2D eigenvalue weighted by atomic mass is 10.1. The van der Waals surface area contributed by atoms with E-state index in [0.717, 1.165) is 10.4 Å². The Morgan fingerprint density at radius 3 is 2.57 bits per heavy atom. The minimum Gasteiger partial charge on any atom is -0.346 e. The SMILES string of the molecule is CC(NC(=O)c1cccc(NC(=S)NC(=O)/C=C/c2cccs2)c1)c1ccccc1. The zero-order valence-electron chi connectivity index (χ0n) is 16.3. The van der Waals surface area contributed by atoms with Crippen LogP contribution in [0.5, 0.6) is 0 Å². The van der Waals surface area contributed by atoms with Gasteiger partial charge >= 0.3 is 0 Å². The van der Waals surface area contributed by atoms with E-state index in [4.69, 9.17) is 12.2 Å². The van der Waals surface area contributed by atoms with Crippen LogP contribution in [0.2, 0.25) is 0 Å². The van der Waals surface area contributed by atoms with Gasteiger partial charge in [0.2, 0.25) is 5.91 Å². The van der Waals surface area contributed by atoms with Crippen LogP contribution >= 0.6 is 23.6 Å². The lowest BCUT2D eigenvalue weighted by Gasteiger charge is -2.15. The molecule has 0 spiro atoms. The number of rotatable bonds is 6. The average Bonchev–Trinajstić information content (AvgIpc) is 3.26. The first-order chi connectivity index (χ1) is 14.5. The second kappa shape index (κ2) is 10.5. The van der Waals surface area contributed by atoms with Crippen molar-refractivity contribution in [2.24, 2.45) is 0 Å². The number of thiocarbonyl (C=S) groups is 1. The maximum absolute atomic E-state index is 12.6. The highest BCUT2D eigenvalue weighted by Gasteiger charge is 2.12. The number of carbonyl (C=O) groups excluding carboxylic acids is 2. The summed E-state index contributed by atoms with van der Waals surface area (Å²) in [4.78, 5) is 25.6. The van der Waals surface area contributed by atoms with Gasteiger partial charge in [-0.05, 0) is 60.4 Å². The van der Waals surface area contributed by atoms with Crippen molar-refractivity contribution < 1.29 is 9.59 Å². The van der Waals surface area contributed by atoms with Crippen LogP contribution in [0.15, 0.2) is 78.2 Å². The smallest absolute Gasteiger partial charge is 0.251 e. The number of carbonyl (C=O) groups is 2. The molecule has 0 aliphatic carbocycles. The van der Waals surface area contributed by atoms with Crippen LogP contribution in [0.3, 0.4) is 0 Å². The van der Waals surface area contributed by atoms with Crippen molar-refractivity contribution in [3.63, 3.8) is 0 Å². The lowest BCUT2D eigenvalue weighted by Crippen LogP contribution is -2.33. The van der Waals surface area contributed by atoms with Crippen molar-refractivity contribution in [1.82, 2.24) is 10.6 Å². The van der Waals surface area contributed by atoms with Crippen molar-refractivity contribution in [3.05, 3.63) is 94.2 Å². The number of benzene rings is 2. The van der Waals surface area contributed by atoms with Gasteiger partial charge in [-0.3, -0.25) is 14.9 Å². The van der Waals surface area contributed by atoms with E-state index in [1.165, 1.54) is 6.08 Å². The summed E-state index contributed by atoms with van der Waals surface area (Å²) in [6.45, 7) is 1.93. The van der Waals surface area contributed by atoms with Gasteiger partial charge < -0.3 is 10.6 Å². The van der Waals surface area contributed by atoms with E-state index in [1.807, 2.05) is 54.8 Å². The Hall–Kier alpha value is -3.29. The van der Waals surface area contributed by atoms with Crippen LogP contribution in [0.4, 0.5) is 5.69 Å². The molecule has 2 amide bonds. The van der Waals surface area contributed by atoms with E-state index < -0.39 is 0 Å². The third-order valence-electron chi connectivity index (χ3n) is 4.21. The molecule has 0 aliphatic rings. The third kappa shape index (κ3) is 6.37. The fraction of sp³-hybridized carbons (Fsp3) is 0.0870. The zero-order chi connectivity index (χ0) is 21.3. The summed E-state index contributed by atoms with van der Waals surface area (Å²) in [5, 5.41) is 10.6. The standard InChI is InChI=1S/C23H21N3O2S2/c1-16(17-7-3-2-4-8-17)24-22(28)18-9-5-10-19(15-18)25-23(29)26-21(27)13-12-20-11-6-14-30-20/h2-16H,1H3,(H,24,28)(H2,25,26,27,29)/b13-12+. The normalized spacial score (nSPS) is 11.6. The van der Waals surface area contributed by atoms with Gasteiger partial charge in [-0.25, -0.2) is 0 Å². The van der Waals surface area contributed by atoms with Crippen molar-refractivity contribution in [3.8, 4) is 0 Å². The number of amides is 2. The maximum Gasteiger partial charge on any atom is 0.251 e. The highest BCUT2D eigenvalue weighted by Crippen LogP contribution is 2.15. The summed E-state index contributed by atoms with van der Waals surface area (Å²) in [6.07, 6.45) is 3.15. The lowest BCUT2D eigenvalue weighted by molar-refractivity contribution is -0.115. The number of thiophene rings is 1. The molecule has 3 rings (SSSR count). The van der Waals surface area contributed by atoms with Crippen LogP contribution in [0, 0.1) is 0 Å². The van der Waals surface area contributed by atoms with E-state index in [-0.39, 0.29) is 23.0 Å². The molecule has 0 radical (unpaired) electrons. The molecule has 0 aliphatic heterocycles. The van der Waals surface area contributed by atoms with Crippen LogP contribution in [0.1, 0.15) is 33.8 Å². The highest BCUT2D eigenvalue weighted by molar-refractivity contribution is 7.80. The first-order valence-corrected chi connectivity index (χ1v) is 10.6. The topological polar surface area (TPSA) is 70.2 Å². The molecule has 0 bridgehead atoms. The van der Waals surface area contributed by atoms with Crippen molar-refractivity contribution in [2.45, 2.75) is 13.0 Å². The molecular formula is C23H21N3O2S2. The summed E-state index contributed by atoms with van der Waals surface area (Å²) in [6, 6.07) is 20.4. The maximum atomic E-state index is 12.6. The molecule has 5 nitrogen and oxygen atoms in total. The van der Waals surface area contributed by atoms with Gasteiger partial charge in [0.05, 0.1) is 6.04 Å². The van der Waals surface area contributed by atoms with Crippen LogP contribution in [0.25, 0.3) is 6.08 Å². The Morgan fingerprint density at radius 2 is 1.83 bits per heavy atom. The summed E-state index contributed by atoms with van der Waals surface area (Å²) in [7, 11) is 0. The molecule has 30 heavy (non-hydrogen) atoms. The Morgan fingerprint density at radius 1 is 1.03 bits per heavy atom. The predicted octanol–water partition coefficient (Wildman–Crippen LogP) is 4.77. The fourth-order valence-electron chi connectivity index (χ4n) is 2.70. The largest absolute Gasteiger partial charge is 0.346 e. The van der Waals surface area contributed by atoms with Gasteiger partial charge in [0.25, 0.3) is 5.91 Å². The van der Waals surface area contributed by atoms with E-state index in [0.29, 0.717) is 11.3 Å². The molecule has 3 N–H and O–H groups in total. The van der Waals surface area contributed by atoms with E-state index in [2.05, 4.69) is 16.0 Å². The third-order valence-corrected chi connectivity index (χ3v) is 5.25. The van der Waals surface area contributed by atoms with Gasteiger partial charge in [0.15, 0.2) is 5.11 Å². The molecule has 0 saturated heterocycles. The van der Waals surface area contributed by atoms with Crippen LogP contribution < -0.4 is 16.0 Å². The molecule has 1 unspecified atom stereocenters. The molecule has 2 aromatic carbocycles. The predicted molar refractivity (Wildman–Crippen MR) is 126 cm³/mol. The van der Waals surface area contributed by atoms with Crippen LogP contribution in [-0.4, -0.2) is 16.9 Å². The molecule has 3 aromatic rings. The molecular weight excluding hydrogens is 414 g/mol. The van der Waals surface area contributed by atoms with E-state index in [1.54, 1.807) is 41.7 Å². The molecule has 7 heteroatoms. The Bertz CT molecular complexity index is 1050. The zero-order valence-corrected chi connectivity index (χ0v) is 17.9. The molecule has 152 valence electrons. The first kappa shape index (κ1) is 21.4. The average molecular weight is 436 g/mol. The summed E-state index contributed by atoms with van der Waals surface area (Å²) in [5.74, 6) is -0.518. The Balaban J connectivity index is 1.56. The van der Waals surface area contributed by atoms with Crippen molar-refractivity contribution in [2.75, 3.05) is 5.32 Å².